The molecule has 0 bridgehead atoms. The van der Waals surface area contributed by atoms with Crippen molar-refractivity contribution >= 4 is 44.1 Å². The molecule has 1 aliphatic heterocycles. The molecule has 0 radical (unpaired) electrons. The van der Waals surface area contributed by atoms with Gasteiger partial charge in [-0.3, -0.25) is 9.78 Å². The van der Waals surface area contributed by atoms with E-state index in [4.69, 9.17) is 21.5 Å². The number of pyridine rings is 1. The smallest absolute Gasteiger partial charge is 0.238 e. The summed E-state index contributed by atoms with van der Waals surface area (Å²) in [4.78, 5) is 18.7. The maximum absolute atomic E-state index is 12.7. The van der Waals surface area contributed by atoms with Gasteiger partial charge in [-0.25, -0.2) is 13.6 Å². The Kier molecular flexibility index (Phi) is 5.73. The van der Waals surface area contributed by atoms with E-state index >= 15 is 0 Å². The lowest BCUT2D eigenvalue weighted by molar-refractivity contribution is -0.117. The number of sulfonamides is 1. The molecule has 172 valence electrons. The highest BCUT2D eigenvalue weighted by Gasteiger charge is 2.32. The highest BCUT2D eigenvalue weighted by molar-refractivity contribution is 7.89. The molecule has 0 spiro atoms. The lowest BCUT2D eigenvalue weighted by Gasteiger charge is -2.18. The van der Waals surface area contributed by atoms with E-state index in [0.717, 1.165) is 16.5 Å². The highest BCUT2D eigenvalue weighted by Crippen LogP contribution is 2.38. The van der Waals surface area contributed by atoms with Crippen molar-refractivity contribution in [2.45, 2.75) is 17.2 Å². The van der Waals surface area contributed by atoms with Gasteiger partial charge in [-0.15, -0.1) is 0 Å². The van der Waals surface area contributed by atoms with E-state index in [-0.39, 0.29) is 16.7 Å². The SMILES string of the molecule is NS(=O)(=O)c1ccc(N2C[C@@H](c3ccc(Cl)c(Oc4ccnc5ccccc45)c3)CC2=O)cc1. The Hall–Kier alpha value is -3.46. The van der Waals surface area contributed by atoms with Gasteiger partial charge < -0.3 is 9.64 Å². The number of carbonyl (C=O) groups excluding carboxylic acids is 1. The van der Waals surface area contributed by atoms with Crippen LogP contribution in [0.25, 0.3) is 10.9 Å². The molecule has 1 atom stereocenters. The maximum atomic E-state index is 12.7. The molecule has 1 saturated heterocycles. The number of ether oxygens (including phenoxy) is 1. The first-order chi connectivity index (χ1) is 16.3. The Morgan fingerprint density at radius 1 is 1.00 bits per heavy atom. The van der Waals surface area contributed by atoms with E-state index in [2.05, 4.69) is 4.98 Å². The summed E-state index contributed by atoms with van der Waals surface area (Å²) in [5.41, 5.74) is 2.36. The molecule has 1 amide bonds. The summed E-state index contributed by atoms with van der Waals surface area (Å²) in [7, 11) is -3.79. The quantitative estimate of drug-likeness (QED) is 0.428. The van der Waals surface area contributed by atoms with Gasteiger partial charge in [0.1, 0.15) is 11.5 Å². The van der Waals surface area contributed by atoms with Crippen molar-refractivity contribution in [2.24, 2.45) is 5.14 Å². The standard InChI is InChI=1S/C25H20ClN3O4S/c26-21-10-5-16(13-24(21)33-23-11-12-28-22-4-2-1-3-20(22)23)17-14-25(30)29(15-17)18-6-8-19(9-7-18)34(27,31)32/h1-13,17H,14-15H2,(H2,27,31,32)/t17-/m0/s1. The van der Waals surface area contributed by atoms with Crippen molar-refractivity contribution in [2.75, 3.05) is 11.4 Å². The highest BCUT2D eigenvalue weighted by atomic mass is 35.5. The number of amides is 1. The monoisotopic (exact) mass is 493 g/mol. The summed E-state index contributed by atoms with van der Waals surface area (Å²) >= 11 is 6.43. The fourth-order valence-corrected chi connectivity index (χ4v) is 4.80. The van der Waals surface area contributed by atoms with Gasteiger partial charge in [0.2, 0.25) is 15.9 Å². The second kappa shape index (κ2) is 8.72. The molecule has 0 unspecified atom stereocenters. The van der Waals surface area contributed by atoms with Gasteiger partial charge >= 0.3 is 0 Å². The van der Waals surface area contributed by atoms with Crippen molar-refractivity contribution in [1.29, 1.82) is 0 Å². The molecule has 9 heteroatoms. The summed E-state index contributed by atoms with van der Waals surface area (Å²) in [5, 5.41) is 6.50. The third kappa shape index (κ3) is 4.35. The molecule has 3 aromatic carbocycles. The number of halogens is 1. The van der Waals surface area contributed by atoms with Crippen LogP contribution in [0, 0.1) is 0 Å². The number of para-hydroxylation sites is 1. The Morgan fingerprint density at radius 2 is 1.76 bits per heavy atom. The first-order valence-corrected chi connectivity index (χ1v) is 12.5. The number of hydrogen-bond acceptors (Lipinski definition) is 5. The number of hydrogen-bond donors (Lipinski definition) is 1. The zero-order chi connectivity index (χ0) is 23.9. The first kappa shape index (κ1) is 22.3. The molecule has 1 fully saturated rings. The molecular formula is C25H20ClN3O4S. The zero-order valence-corrected chi connectivity index (χ0v) is 19.5. The molecule has 34 heavy (non-hydrogen) atoms. The molecule has 7 nitrogen and oxygen atoms in total. The van der Waals surface area contributed by atoms with Crippen LogP contribution in [0.1, 0.15) is 17.9 Å². The van der Waals surface area contributed by atoms with Crippen molar-refractivity contribution < 1.29 is 17.9 Å². The molecule has 5 rings (SSSR count). The number of nitrogens with zero attached hydrogens (tertiary/aromatic N) is 2. The molecule has 0 aliphatic carbocycles. The van der Waals surface area contributed by atoms with Crippen molar-refractivity contribution in [3.8, 4) is 11.5 Å². The van der Waals surface area contributed by atoms with E-state index in [9.17, 15) is 13.2 Å². The molecule has 2 heterocycles. The van der Waals surface area contributed by atoms with Gasteiger partial charge in [0.25, 0.3) is 0 Å². The lowest BCUT2D eigenvalue weighted by Crippen LogP contribution is -2.24. The van der Waals surface area contributed by atoms with E-state index in [1.807, 2.05) is 36.4 Å². The van der Waals surface area contributed by atoms with Crippen LogP contribution in [0.5, 0.6) is 11.5 Å². The van der Waals surface area contributed by atoms with Gasteiger partial charge in [-0.2, -0.15) is 0 Å². The van der Waals surface area contributed by atoms with Crippen LogP contribution in [0.15, 0.2) is 83.9 Å². The van der Waals surface area contributed by atoms with E-state index in [0.29, 0.717) is 35.2 Å². The Bertz CT molecular complexity index is 1500. The third-order valence-electron chi connectivity index (χ3n) is 5.86. The fourth-order valence-electron chi connectivity index (χ4n) is 4.13. The van der Waals surface area contributed by atoms with Crippen molar-refractivity contribution in [1.82, 2.24) is 4.98 Å². The summed E-state index contributed by atoms with van der Waals surface area (Å²) in [6.45, 7) is 0.451. The zero-order valence-electron chi connectivity index (χ0n) is 17.9. The molecule has 4 aromatic rings. The van der Waals surface area contributed by atoms with E-state index in [1.165, 1.54) is 12.1 Å². The van der Waals surface area contributed by atoms with Crippen LogP contribution < -0.4 is 14.8 Å². The minimum absolute atomic E-state index is 0.00238. The first-order valence-electron chi connectivity index (χ1n) is 10.5. The molecular weight excluding hydrogens is 474 g/mol. The number of rotatable bonds is 5. The van der Waals surface area contributed by atoms with Crippen molar-refractivity contribution in [3.05, 3.63) is 89.6 Å². The number of aromatic nitrogens is 1. The predicted molar refractivity (Wildman–Crippen MR) is 131 cm³/mol. The van der Waals surface area contributed by atoms with Gasteiger partial charge in [-0.1, -0.05) is 29.8 Å². The predicted octanol–water partition coefficient (Wildman–Crippen LogP) is 4.85. The van der Waals surface area contributed by atoms with E-state index in [1.54, 1.807) is 35.4 Å². The van der Waals surface area contributed by atoms with Crippen LogP contribution in [0.3, 0.4) is 0 Å². The number of fused-ring (bicyclic) bond motifs is 1. The summed E-state index contributed by atoms with van der Waals surface area (Å²) in [5.74, 6) is 1.02. The van der Waals surface area contributed by atoms with Crippen LogP contribution >= 0.6 is 11.6 Å². The third-order valence-corrected chi connectivity index (χ3v) is 7.10. The lowest BCUT2D eigenvalue weighted by atomic mass is 9.98. The largest absolute Gasteiger partial charge is 0.455 e. The number of carbonyl (C=O) groups is 1. The number of nitrogens with two attached hydrogens (primary N) is 1. The molecule has 2 N–H and O–H groups in total. The van der Waals surface area contributed by atoms with E-state index < -0.39 is 10.0 Å². The van der Waals surface area contributed by atoms with Crippen LogP contribution in [-0.4, -0.2) is 25.9 Å². The average molecular weight is 494 g/mol. The summed E-state index contributed by atoms with van der Waals surface area (Å²) in [6.07, 6.45) is 2.00. The number of primary sulfonamides is 1. The van der Waals surface area contributed by atoms with Crippen molar-refractivity contribution in [3.63, 3.8) is 0 Å². The molecule has 1 aliphatic rings. The average Bonchev–Trinajstić information content (AvgIpc) is 3.22. The Labute approximate surface area is 201 Å². The second-order valence-electron chi connectivity index (χ2n) is 8.06. The van der Waals surface area contributed by atoms with Gasteiger partial charge in [0.05, 0.1) is 15.4 Å². The van der Waals surface area contributed by atoms with Gasteiger partial charge in [-0.05, 0) is 60.2 Å². The van der Waals surface area contributed by atoms with Gasteiger partial charge in [0.15, 0.2) is 0 Å². The number of anilines is 1. The fraction of sp³-hybridized carbons (Fsp3) is 0.120. The second-order valence-corrected chi connectivity index (χ2v) is 10.0. The summed E-state index contributed by atoms with van der Waals surface area (Å²) < 4.78 is 29.2. The maximum Gasteiger partial charge on any atom is 0.238 e. The topological polar surface area (TPSA) is 103 Å². The molecule has 0 saturated carbocycles. The number of benzene rings is 3. The Balaban J connectivity index is 1.40. The van der Waals surface area contributed by atoms with Crippen LogP contribution in [0.2, 0.25) is 5.02 Å². The minimum atomic E-state index is -3.79. The van der Waals surface area contributed by atoms with Gasteiger partial charge in [0, 0.05) is 36.2 Å². The summed E-state index contributed by atoms with van der Waals surface area (Å²) in [6, 6.07) is 21.0. The Morgan fingerprint density at radius 3 is 2.53 bits per heavy atom. The van der Waals surface area contributed by atoms with Crippen LogP contribution in [0.4, 0.5) is 5.69 Å². The minimum Gasteiger partial charge on any atom is -0.455 e. The van der Waals surface area contributed by atoms with Crippen LogP contribution in [-0.2, 0) is 14.8 Å². The normalized spacial score (nSPS) is 16.2. The molecule has 1 aromatic heterocycles.